The molecule has 3 N–H and O–H groups in total. The number of benzene rings is 2. The third-order valence-electron chi connectivity index (χ3n) is 3.47. The Labute approximate surface area is 165 Å². The second kappa shape index (κ2) is 11.2. The maximum absolute atomic E-state index is 12.8. The van der Waals surface area contributed by atoms with Crippen molar-refractivity contribution in [3.63, 3.8) is 0 Å². The molecule has 0 spiro atoms. The monoisotopic (exact) mass is 437 g/mol. The summed E-state index contributed by atoms with van der Waals surface area (Å²) in [6.07, 6.45) is 0.615. The first-order valence-corrected chi connectivity index (χ1v) is 9.28. The number of carbonyl (C=O) groups excluding carboxylic acids is 2. The maximum Gasteiger partial charge on any atom is 0.314 e. The Morgan fingerprint density at radius 3 is 2.41 bits per heavy atom. The quantitative estimate of drug-likeness (QED) is 0.527. The van der Waals surface area contributed by atoms with Crippen molar-refractivity contribution in [2.75, 3.05) is 26.2 Å². The highest BCUT2D eigenvalue weighted by Gasteiger charge is 2.05. The summed E-state index contributed by atoms with van der Waals surface area (Å²) in [6.45, 7) is 1.50. The van der Waals surface area contributed by atoms with Crippen LogP contribution in [0.15, 0.2) is 53.0 Å². The van der Waals surface area contributed by atoms with Gasteiger partial charge in [-0.15, -0.1) is 0 Å². The minimum Gasteiger partial charge on any atom is -0.494 e. The van der Waals surface area contributed by atoms with Crippen LogP contribution in [0.3, 0.4) is 0 Å². The van der Waals surface area contributed by atoms with E-state index in [1.54, 1.807) is 30.3 Å². The highest BCUT2D eigenvalue weighted by Crippen LogP contribution is 2.11. The van der Waals surface area contributed by atoms with Gasteiger partial charge >= 0.3 is 6.03 Å². The minimum absolute atomic E-state index is 0.198. The van der Waals surface area contributed by atoms with E-state index < -0.39 is 0 Å². The number of hydrogen-bond acceptors (Lipinski definition) is 3. The highest BCUT2D eigenvalue weighted by molar-refractivity contribution is 9.10. The van der Waals surface area contributed by atoms with E-state index in [-0.39, 0.29) is 17.8 Å². The van der Waals surface area contributed by atoms with Gasteiger partial charge in [0.25, 0.3) is 5.91 Å². The lowest BCUT2D eigenvalue weighted by atomic mass is 10.2. The van der Waals surface area contributed by atoms with E-state index in [2.05, 4.69) is 31.9 Å². The van der Waals surface area contributed by atoms with Crippen LogP contribution in [0.5, 0.6) is 5.75 Å². The predicted octanol–water partition coefficient (Wildman–Crippen LogP) is 3.09. The molecule has 0 aromatic heterocycles. The number of halogens is 2. The SMILES string of the molecule is O=C(NCCCOc1ccc(F)cc1)NCCNC(=O)c1cccc(Br)c1. The third-order valence-corrected chi connectivity index (χ3v) is 3.97. The molecule has 8 heteroatoms. The van der Waals surface area contributed by atoms with Gasteiger partial charge in [0, 0.05) is 29.7 Å². The zero-order valence-electron chi connectivity index (χ0n) is 14.6. The lowest BCUT2D eigenvalue weighted by Crippen LogP contribution is -2.40. The molecule has 0 aliphatic carbocycles. The lowest BCUT2D eigenvalue weighted by molar-refractivity contribution is 0.0953. The summed E-state index contributed by atoms with van der Waals surface area (Å²) in [7, 11) is 0. The van der Waals surface area contributed by atoms with Crippen molar-refractivity contribution < 1.29 is 18.7 Å². The molecule has 0 fully saturated rings. The van der Waals surface area contributed by atoms with Gasteiger partial charge in [0.05, 0.1) is 6.61 Å². The highest BCUT2D eigenvalue weighted by atomic mass is 79.9. The number of amides is 3. The molecular weight excluding hydrogens is 417 g/mol. The summed E-state index contributed by atoms with van der Waals surface area (Å²) in [6, 6.07) is 12.5. The third kappa shape index (κ3) is 8.08. The molecule has 144 valence electrons. The van der Waals surface area contributed by atoms with Crippen molar-refractivity contribution >= 4 is 27.9 Å². The molecule has 2 aromatic rings. The molecule has 0 heterocycles. The van der Waals surface area contributed by atoms with Gasteiger partial charge in [0.1, 0.15) is 11.6 Å². The van der Waals surface area contributed by atoms with Gasteiger partial charge in [0.2, 0.25) is 0 Å². The maximum atomic E-state index is 12.8. The van der Waals surface area contributed by atoms with E-state index >= 15 is 0 Å². The minimum atomic E-state index is -0.312. The van der Waals surface area contributed by atoms with Crippen LogP contribution < -0.4 is 20.7 Å². The van der Waals surface area contributed by atoms with E-state index in [4.69, 9.17) is 4.74 Å². The van der Waals surface area contributed by atoms with Crippen LogP contribution in [0.2, 0.25) is 0 Å². The molecule has 0 radical (unpaired) electrons. The molecule has 0 aliphatic heterocycles. The Bertz CT molecular complexity index is 756. The van der Waals surface area contributed by atoms with Crippen LogP contribution in [0, 0.1) is 5.82 Å². The normalized spacial score (nSPS) is 10.1. The molecule has 2 rings (SSSR count). The zero-order valence-corrected chi connectivity index (χ0v) is 16.2. The van der Waals surface area contributed by atoms with Crippen molar-refractivity contribution in [1.82, 2.24) is 16.0 Å². The topological polar surface area (TPSA) is 79.5 Å². The van der Waals surface area contributed by atoms with Gasteiger partial charge < -0.3 is 20.7 Å². The average Bonchev–Trinajstić information content (AvgIpc) is 2.66. The summed E-state index contributed by atoms with van der Waals surface area (Å²) >= 11 is 3.31. The Kier molecular flexibility index (Phi) is 8.57. The lowest BCUT2D eigenvalue weighted by Gasteiger charge is -2.09. The standard InChI is InChI=1S/C19H21BrFN3O3/c20-15-4-1-3-14(13-15)18(25)22-10-11-24-19(26)23-9-2-12-27-17-7-5-16(21)6-8-17/h1,3-8,13H,2,9-12H2,(H,22,25)(H2,23,24,26). The van der Waals surface area contributed by atoms with E-state index in [0.29, 0.717) is 44.0 Å². The number of carbonyl (C=O) groups is 2. The van der Waals surface area contributed by atoms with Crippen molar-refractivity contribution in [2.45, 2.75) is 6.42 Å². The van der Waals surface area contributed by atoms with E-state index in [0.717, 1.165) is 4.47 Å². The molecule has 3 amide bonds. The van der Waals surface area contributed by atoms with Crippen LogP contribution >= 0.6 is 15.9 Å². The van der Waals surface area contributed by atoms with Crippen LogP contribution in [0.4, 0.5) is 9.18 Å². The first-order valence-electron chi connectivity index (χ1n) is 8.48. The fourth-order valence-electron chi connectivity index (χ4n) is 2.14. The van der Waals surface area contributed by atoms with E-state index in [1.165, 1.54) is 12.1 Å². The van der Waals surface area contributed by atoms with Gasteiger partial charge in [-0.3, -0.25) is 4.79 Å². The van der Waals surface area contributed by atoms with Crippen molar-refractivity contribution in [1.29, 1.82) is 0 Å². The fourth-order valence-corrected chi connectivity index (χ4v) is 2.54. The summed E-state index contributed by atoms with van der Waals surface area (Å²) in [5, 5.41) is 8.09. The van der Waals surface area contributed by atoms with Crippen LogP contribution in [0.25, 0.3) is 0 Å². The smallest absolute Gasteiger partial charge is 0.314 e. The Morgan fingerprint density at radius 1 is 0.963 bits per heavy atom. The fraction of sp³-hybridized carbons (Fsp3) is 0.263. The van der Waals surface area contributed by atoms with Crippen LogP contribution in [-0.4, -0.2) is 38.2 Å². The van der Waals surface area contributed by atoms with Gasteiger partial charge in [-0.1, -0.05) is 22.0 Å². The number of nitrogens with one attached hydrogen (secondary N) is 3. The number of rotatable bonds is 9. The second-order valence-corrected chi connectivity index (χ2v) is 6.52. The Morgan fingerprint density at radius 2 is 1.67 bits per heavy atom. The van der Waals surface area contributed by atoms with Crippen LogP contribution in [-0.2, 0) is 0 Å². The van der Waals surface area contributed by atoms with Crippen molar-refractivity contribution in [3.05, 3.63) is 64.4 Å². The number of hydrogen-bond donors (Lipinski definition) is 3. The summed E-state index contributed by atoms with van der Waals surface area (Å²) in [5.41, 5.74) is 0.551. The summed E-state index contributed by atoms with van der Waals surface area (Å²) < 4.78 is 19.0. The molecule has 6 nitrogen and oxygen atoms in total. The molecule has 0 unspecified atom stereocenters. The molecule has 0 saturated heterocycles. The number of ether oxygens (including phenoxy) is 1. The van der Waals surface area contributed by atoms with Crippen molar-refractivity contribution in [2.24, 2.45) is 0 Å². The first kappa shape index (κ1) is 20.7. The molecular formula is C19H21BrFN3O3. The number of urea groups is 1. The van der Waals surface area contributed by atoms with Gasteiger partial charge in [0.15, 0.2) is 0 Å². The van der Waals surface area contributed by atoms with Gasteiger partial charge in [-0.2, -0.15) is 0 Å². The molecule has 2 aromatic carbocycles. The van der Waals surface area contributed by atoms with Crippen molar-refractivity contribution in [3.8, 4) is 5.75 Å². The average molecular weight is 438 g/mol. The molecule has 27 heavy (non-hydrogen) atoms. The second-order valence-electron chi connectivity index (χ2n) is 5.60. The summed E-state index contributed by atoms with van der Waals surface area (Å²) in [5.74, 6) is 0.0759. The molecule has 0 saturated carbocycles. The van der Waals surface area contributed by atoms with E-state index in [9.17, 15) is 14.0 Å². The molecule has 0 bridgehead atoms. The largest absolute Gasteiger partial charge is 0.494 e. The zero-order chi connectivity index (χ0) is 19.5. The Hall–Kier alpha value is -2.61. The molecule has 0 atom stereocenters. The van der Waals surface area contributed by atoms with Gasteiger partial charge in [-0.05, 0) is 48.9 Å². The summed E-state index contributed by atoms with van der Waals surface area (Å²) in [4.78, 5) is 23.6. The molecule has 0 aliphatic rings. The first-order chi connectivity index (χ1) is 13.0. The van der Waals surface area contributed by atoms with Gasteiger partial charge in [-0.25, -0.2) is 9.18 Å². The van der Waals surface area contributed by atoms with E-state index in [1.807, 2.05) is 6.07 Å². The van der Waals surface area contributed by atoms with Crippen LogP contribution in [0.1, 0.15) is 16.8 Å². The Balaban J connectivity index is 1.51. The predicted molar refractivity (Wildman–Crippen MR) is 104 cm³/mol.